The van der Waals surface area contributed by atoms with Gasteiger partial charge in [0, 0.05) is 11.9 Å². The molecule has 1 aromatic carbocycles. The van der Waals surface area contributed by atoms with Crippen LogP contribution in [0.3, 0.4) is 0 Å². The third-order valence-corrected chi connectivity index (χ3v) is 3.62. The van der Waals surface area contributed by atoms with E-state index in [0.717, 1.165) is 24.8 Å². The molecule has 1 rings (SSSR count). The van der Waals surface area contributed by atoms with Gasteiger partial charge in [-0.1, -0.05) is 46.3 Å². The van der Waals surface area contributed by atoms with E-state index in [9.17, 15) is 0 Å². The van der Waals surface area contributed by atoms with Crippen LogP contribution in [0.25, 0.3) is 0 Å². The smallest absolute Gasteiger partial charge is 0.0722 e. The Balaban J connectivity index is 2.18. The fourth-order valence-corrected chi connectivity index (χ4v) is 1.47. The summed E-state index contributed by atoms with van der Waals surface area (Å²) in [5.41, 5.74) is 1.34. The largest absolute Gasteiger partial charge is 0.375 e. The van der Waals surface area contributed by atoms with Crippen molar-refractivity contribution in [2.75, 3.05) is 11.9 Å². The van der Waals surface area contributed by atoms with E-state index in [0.29, 0.717) is 0 Å². The maximum atomic E-state index is 5.75. The number of hydrogen-bond donors (Lipinski definition) is 0. The zero-order valence-corrected chi connectivity index (χ0v) is 11.1. The molecule has 0 aliphatic carbocycles. The quantitative estimate of drug-likeness (QED) is 0.564. The van der Waals surface area contributed by atoms with E-state index >= 15 is 0 Å². The highest BCUT2D eigenvalue weighted by Gasteiger charge is 2.15. The van der Waals surface area contributed by atoms with Crippen molar-refractivity contribution in [1.82, 2.24) is 0 Å². The minimum absolute atomic E-state index is 0.0450. The number of halogens is 1. The lowest BCUT2D eigenvalue weighted by molar-refractivity contribution is 0.000791. The third kappa shape index (κ3) is 5.33. The van der Waals surface area contributed by atoms with Crippen molar-refractivity contribution in [3.05, 3.63) is 35.9 Å². The second-order valence-corrected chi connectivity index (χ2v) is 4.89. The summed E-state index contributed by atoms with van der Waals surface area (Å²) in [6.07, 6.45) is 2.18. The first-order chi connectivity index (χ1) is 7.14. The van der Waals surface area contributed by atoms with Crippen molar-refractivity contribution < 1.29 is 4.74 Å². The number of ether oxygens (including phenoxy) is 1. The first-order valence-electron chi connectivity index (χ1n) is 5.38. The lowest BCUT2D eigenvalue weighted by Crippen LogP contribution is -2.26. The highest BCUT2D eigenvalue weighted by Crippen LogP contribution is 2.13. The van der Waals surface area contributed by atoms with Crippen molar-refractivity contribution >= 4 is 15.9 Å². The van der Waals surface area contributed by atoms with Crippen LogP contribution in [0.5, 0.6) is 0 Å². The molecule has 0 aliphatic heterocycles. The molecule has 2 heteroatoms. The zero-order valence-electron chi connectivity index (χ0n) is 9.50. The molecule has 0 heterocycles. The molecule has 0 fully saturated rings. The Hall–Kier alpha value is -0.340. The predicted octanol–water partition coefficient (Wildman–Crippen LogP) is 3.81. The average molecular weight is 271 g/mol. The van der Waals surface area contributed by atoms with Gasteiger partial charge in [-0.3, -0.25) is 0 Å². The van der Waals surface area contributed by atoms with Crippen molar-refractivity contribution in [3.63, 3.8) is 0 Å². The summed E-state index contributed by atoms with van der Waals surface area (Å²) in [7, 11) is 0. The Morgan fingerprint density at radius 2 is 1.87 bits per heavy atom. The summed E-state index contributed by atoms with van der Waals surface area (Å²) in [4.78, 5) is 0. The van der Waals surface area contributed by atoms with Crippen LogP contribution in [0.1, 0.15) is 25.8 Å². The number of alkyl halides is 1. The lowest BCUT2D eigenvalue weighted by atomic mass is 10.1. The summed E-state index contributed by atoms with van der Waals surface area (Å²) in [5, 5.41) is 0.880. The molecule has 15 heavy (non-hydrogen) atoms. The van der Waals surface area contributed by atoms with Crippen molar-refractivity contribution in [3.8, 4) is 0 Å². The van der Waals surface area contributed by atoms with Crippen LogP contribution in [0, 0.1) is 0 Å². The molecule has 0 aromatic heterocycles. The fourth-order valence-electron chi connectivity index (χ4n) is 1.31. The maximum Gasteiger partial charge on any atom is 0.0722 e. The molecular formula is C13H19BrO. The Morgan fingerprint density at radius 1 is 1.20 bits per heavy atom. The molecule has 0 atom stereocenters. The summed E-state index contributed by atoms with van der Waals surface area (Å²) < 4.78 is 5.75. The van der Waals surface area contributed by atoms with Gasteiger partial charge < -0.3 is 4.74 Å². The monoisotopic (exact) mass is 270 g/mol. The van der Waals surface area contributed by atoms with Crippen LogP contribution in [0.15, 0.2) is 30.3 Å². The molecule has 0 radical (unpaired) electrons. The first kappa shape index (κ1) is 12.7. The highest BCUT2D eigenvalue weighted by atomic mass is 79.9. The van der Waals surface area contributed by atoms with Gasteiger partial charge in [-0.2, -0.15) is 0 Å². The van der Waals surface area contributed by atoms with Crippen molar-refractivity contribution in [1.29, 1.82) is 0 Å². The number of benzene rings is 1. The minimum Gasteiger partial charge on any atom is -0.375 e. The summed E-state index contributed by atoms with van der Waals surface area (Å²) in [5.74, 6) is 0. The molecule has 1 aromatic rings. The van der Waals surface area contributed by atoms with E-state index in [1.54, 1.807) is 0 Å². The Labute approximate surface area is 101 Å². The summed E-state index contributed by atoms with van der Waals surface area (Å²) in [6.45, 7) is 5.03. The van der Waals surface area contributed by atoms with Gasteiger partial charge in [0.05, 0.1) is 5.60 Å². The Bertz CT molecular complexity index is 269. The minimum atomic E-state index is -0.0450. The van der Waals surface area contributed by atoms with Gasteiger partial charge in [0.25, 0.3) is 0 Å². The van der Waals surface area contributed by atoms with E-state index in [1.807, 2.05) is 6.07 Å². The van der Waals surface area contributed by atoms with Gasteiger partial charge in [0.2, 0.25) is 0 Å². The van der Waals surface area contributed by atoms with Crippen LogP contribution in [0.2, 0.25) is 0 Å². The third-order valence-electron chi connectivity index (χ3n) is 2.27. The van der Waals surface area contributed by atoms with Crippen LogP contribution in [-0.4, -0.2) is 17.5 Å². The molecule has 0 spiro atoms. The van der Waals surface area contributed by atoms with Gasteiger partial charge in [-0.25, -0.2) is 0 Å². The molecule has 0 N–H and O–H groups in total. The molecular weight excluding hydrogens is 252 g/mol. The molecule has 0 saturated heterocycles. The molecule has 1 nitrogen and oxygen atoms in total. The van der Waals surface area contributed by atoms with Gasteiger partial charge in [-0.15, -0.1) is 0 Å². The van der Waals surface area contributed by atoms with Gasteiger partial charge >= 0.3 is 0 Å². The Morgan fingerprint density at radius 3 is 2.47 bits per heavy atom. The van der Waals surface area contributed by atoms with Crippen molar-refractivity contribution in [2.45, 2.75) is 32.3 Å². The second kappa shape index (κ2) is 6.29. The summed E-state index contributed by atoms with van der Waals surface area (Å²) >= 11 is 3.44. The number of hydrogen-bond acceptors (Lipinski definition) is 1. The van der Waals surface area contributed by atoms with Gasteiger partial charge in [-0.05, 0) is 32.3 Å². The van der Waals surface area contributed by atoms with E-state index in [2.05, 4.69) is 54.0 Å². The summed E-state index contributed by atoms with van der Waals surface area (Å²) in [6, 6.07) is 10.5. The normalized spacial score (nSPS) is 11.7. The van der Waals surface area contributed by atoms with Gasteiger partial charge in [0.1, 0.15) is 0 Å². The van der Waals surface area contributed by atoms with Crippen LogP contribution in [0.4, 0.5) is 0 Å². The van der Waals surface area contributed by atoms with E-state index in [-0.39, 0.29) is 5.60 Å². The Kier molecular flexibility index (Phi) is 5.34. The van der Waals surface area contributed by atoms with Crippen LogP contribution < -0.4 is 0 Å². The average Bonchev–Trinajstić information content (AvgIpc) is 2.26. The molecule has 0 unspecified atom stereocenters. The first-order valence-corrected chi connectivity index (χ1v) is 6.50. The second-order valence-electron chi connectivity index (χ2n) is 4.33. The topological polar surface area (TPSA) is 9.23 Å². The molecule has 84 valence electrons. The van der Waals surface area contributed by atoms with E-state index < -0.39 is 0 Å². The zero-order chi connectivity index (χ0) is 11.1. The van der Waals surface area contributed by atoms with E-state index in [1.165, 1.54) is 5.56 Å². The fraction of sp³-hybridized carbons (Fsp3) is 0.538. The molecule has 0 amide bonds. The SMILES string of the molecule is CC(C)(CBr)OCCCc1ccccc1. The number of rotatable bonds is 6. The predicted molar refractivity (Wildman–Crippen MR) is 68.6 cm³/mol. The number of aryl methyl sites for hydroxylation is 1. The maximum absolute atomic E-state index is 5.75. The standard InChI is InChI=1S/C13H19BrO/c1-13(2,11-14)15-10-6-9-12-7-4-3-5-8-12/h3-5,7-8H,6,9-11H2,1-2H3. The van der Waals surface area contributed by atoms with Crippen molar-refractivity contribution in [2.24, 2.45) is 0 Å². The van der Waals surface area contributed by atoms with E-state index in [4.69, 9.17) is 4.74 Å². The highest BCUT2D eigenvalue weighted by molar-refractivity contribution is 9.09. The van der Waals surface area contributed by atoms with Crippen LogP contribution in [-0.2, 0) is 11.2 Å². The molecule has 0 bridgehead atoms. The molecule has 0 saturated carbocycles. The lowest BCUT2D eigenvalue weighted by Gasteiger charge is -2.22. The van der Waals surface area contributed by atoms with Crippen LogP contribution >= 0.6 is 15.9 Å². The van der Waals surface area contributed by atoms with Gasteiger partial charge in [0.15, 0.2) is 0 Å². The molecule has 0 aliphatic rings.